The maximum absolute atomic E-state index is 13.2. The first-order valence-corrected chi connectivity index (χ1v) is 9.24. The van der Waals surface area contributed by atoms with E-state index in [0.717, 1.165) is 16.2 Å². The quantitative estimate of drug-likeness (QED) is 0.759. The molecule has 0 saturated carbocycles. The zero-order chi connectivity index (χ0) is 16.8. The first kappa shape index (κ1) is 16.7. The summed E-state index contributed by atoms with van der Waals surface area (Å²) in [5, 5.41) is 5.21. The molecule has 1 aromatic heterocycles. The van der Waals surface area contributed by atoms with E-state index in [1.54, 1.807) is 12.2 Å². The summed E-state index contributed by atoms with van der Waals surface area (Å²) in [5.74, 6) is 0.0548. The van der Waals surface area contributed by atoms with Crippen LogP contribution in [0.15, 0.2) is 70.7 Å². The number of hydrogen-bond donors (Lipinski definition) is 1. The van der Waals surface area contributed by atoms with Crippen molar-refractivity contribution < 1.29 is 9.18 Å². The van der Waals surface area contributed by atoms with Gasteiger partial charge in [0.05, 0.1) is 11.4 Å². The number of thiazole rings is 1. The van der Waals surface area contributed by atoms with Gasteiger partial charge >= 0.3 is 0 Å². The fourth-order valence-electron chi connectivity index (χ4n) is 2.06. The van der Waals surface area contributed by atoms with Gasteiger partial charge in [-0.15, -0.1) is 23.1 Å². The number of hydrogen-bond acceptors (Lipinski definition) is 4. The molecule has 1 N–H and O–H groups in total. The largest absolute Gasteiger partial charge is 0.301 e. The molecule has 24 heavy (non-hydrogen) atoms. The summed E-state index contributed by atoms with van der Waals surface area (Å²) in [4.78, 5) is 17.5. The van der Waals surface area contributed by atoms with Gasteiger partial charge in [-0.1, -0.05) is 36.4 Å². The SMILES string of the molecule is O=C(CSc1ccccc1)Nc1nc(C2=CC=C(F)CC=C2)cs1. The highest BCUT2D eigenvalue weighted by Crippen LogP contribution is 2.25. The molecule has 0 bridgehead atoms. The molecule has 0 aliphatic heterocycles. The summed E-state index contributed by atoms with van der Waals surface area (Å²) in [6.45, 7) is 0. The van der Waals surface area contributed by atoms with E-state index in [9.17, 15) is 9.18 Å². The highest BCUT2D eigenvalue weighted by molar-refractivity contribution is 8.00. The van der Waals surface area contributed by atoms with E-state index in [4.69, 9.17) is 0 Å². The van der Waals surface area contributed by atoms with Crippen LogP contribution in [0.1, 0.15) is 12.1 Å². The van der Waals surface area contributed by atoms with Crippen molar-refractivity contribution in [3.63, 3.8) is 0 Å². The number of anilines is 1. The molecule has 1 heterocycles. The molecule has 3 rings (SSSR count). The maximum Gasteiger partial charge on any atom is 0.236 e. The Balaban J connectivity index is 1.59. The molecule has 0 radical (unpaired) electrons. The predicted molar refractivity (Wildman–Crippen MR) is 98.8 cm³/mol. The minimum Gasteiger partial charge on any atom is -0.301 e. The molecular formula is C18H15FN2OS2. The van der Waals surface area contributed by atoms with E-state index in [1.165, 1.54) is 29.2 Å². The van der Waals surface area contributed by atoms with Crippen molar-refractivity contribution >= 4 is 39.7 Å². The van der Waals surface area contributed by atoms with Crippen LogP contribution >= 0.6 is 23.1 Å². The summed E-state index contributed by atoms with van der Waals surface area (Å²) in [6, 6.07) is 9.77. The van der Waals surface area contributed by atoms with E-state index in [-0.39, 0.29) is 11.7 Å². The van der Waals surface area contributed by atoms with Crippen LogP contribution in [0.5, 0.6) is 0 Å². The number of rotatable bonds is 5. The fraction of sp³-hybridized carbons (Fsp3) is 0.111. The van der Waals surface area contributed by atoms with Crippen LogP contribution in [-0.4, -0.2) is 16.6 Å². The van der Waals surface area contributed by atoms with Gasteiger partial charge in [0.1, 0.15) is 5.83 Å². The number of nitrogens with zero attached hydrogens (tertiary/aromatic N) is 1. The van der Waals surface area contributed by atoms with E-state index >= 15 is 0 Å². The summed E-state index contributed by atoms with van der Waals surface area (Å²) >= 11 is 2.84. The van der Waals surface area contributed by atoms with Crippen LogP contribution < -0.4 is 5.32 Å². The topological polar surface area (TPSA) is 42.0 Å². The molecule has 0 saturated heterocycles. The minimum absolute atomic E-state index is 0.0962. The second kappa shape index (κ2) is 8.08. The molecule has 6 heteroatoms. The lowest BCUT2D eigenvalue weighted by Crippen LogP contribution is -2.13. The van der Waals surface area contributed by atoms with Gasteiger partial charge in [-0.25, -0.2) is 9.37 Å². The van der Waals surface area contributed by atoms with Crippen LogP contribution in [-0.2, 0) is 4.79 Å². The number of benzene rings is 1. The molecule has 1 amide bonds. The fourth-order valence-corrected chi connectivity index (χ4v) is 3.51. The van der Waals surface area contributed by atoms with Crippen molar-refractivity contribution in [3.8, 4) is 0 Å². The molecule has 1 aliphatic carbocycles. The normalized spacial score (nSPS) is 13.9. The molecule has 1 aromatic carbocycles. The van der Waals surface area contributed by atoms with Crippen molar-refractivity contribution in [2.24, 2.45) is 0 Å². The summed E-state index contributed by atoms with van der Waals surface area (Å²) in [5.41, 5.74) is 1.56. The molecule has 0 spiro atoms. The number of carbonyl (C=O) groups excluding carboxylic acids is 1. The monoisotopic (exact) mass is 358 g/mol. The molecule has 122 valence electrons. The lowest BCUT2D eigenvalue weighted by Gasteiger charge is -2.02. The van der Waals surface area contributed by atoms with Crippen LogP contribution in [0.4, 0.5) is 9.52 Å². The molecule has 0 unspecified atom stereocenters. The Morgan fingerprint density at radius 3 is 2.96 bits per heavy atom. The van der Waals surface area contributed by atoms with E-state index in [0.29, 0.717) is 17.3 Å². The maximum atomic E-state index is 13.2. The predicted octanol–water partition coefficient (Wildman–Crippen LogP) is 5.07. The first-order valence-electron chi connectivity index (χ1n) is 7.37. The van der Waals surface area contributed by atoms with Gasteiger partial charge in [-0.2, -0.15) is 0 Å². The van der Waals surface area contributed by atoms with Crippen LogP contribution in [0.2, 0.25) is 0 Å². The Bertz CT molecular complexity index is 809. The Labute approximate surface area is 148 Å². The van der Waals surface area contributed by atoms with Gasteiger partial charge in [0.25, 0.3) is 0 Å². The van der Waals surface area contributed by atoms with Crippen molar-refractivity contribution in [2.45, 2.75) is 11.3 Å². The molecule has 1 aliphatic rings. The number of nitrogens with one attached hydrogen (secondary N) is 1. The number of amides is 1. The number of thioether (sulfide) groups is 1. The third-order valence-corrected chi connectivity index (χ3v) is 4.98. The smallest absolute Gasteiger partial charge is 0.236 e. The average molecular weight is 358 g/mol. The van der Waals surface area contributed by atoms with Gasteiger partial charge < -0.3 is 5.32 Å². The van der Waals surface area contributed by atoms with E-state index in [1.807, 2.05) is 41.8 Å². The van der Waals surface area contributed by atoms with Crippen LogP contribution in [0.25, 0.3) is 5.57 Å². The molecular weight excluding hydrogens is 343 g/mol. The summed E-state index contributed by atoms with van der Waals surface area (Å²) in [6.07, 6.45) is 7.05. The summed E-state index contributed by atoms with van der Waals surface area (Å²) < 4.78 is 13.2. The zero-order valence-corrected chi connectivity index (χ0v) is 14.4. The average Bonchev–Trinajstić information content (AvgIpc) is 2.94. The van der Waals surface area contributed by atoms with Crippen LogP contribution in [0, 0.1) is 0 Å². The highest BCUT2D eigenvalue weighted by atomic mass is 32.2. The number of halogens is 1. The van der Waals surface area contributed by atoms with Crippen LogP contribution in [0.3, 0.4) is 0 Å². The second-order valence-electron chi connectivity index (χ2n) is 5.03. The number of allylic oxidation sites excluding steroid dienone is 6. The summed E-state index contributed by atoms with van der Waals surface area (Å²) in [7, 11) is 0. The van der Waals surface area contributed by atoms with Gasteiger partial charge in [0, 0.05) is 22.3 Å². The van der Waals surface area contributed by atoms with Gasteiger partial charge in [0.2, 0.25) is 5.91 Å². The third kappa shape index (κ3) is 4.66. The highest BCUT2D eigenvalue weighted by Gasteiger charge is 2.10. The Hall–Kier alpha value is -2.18. The lowest BCUT2D eigenvalue weighted by atomic mass is 10.2. The molecule has 0 fully saturated rings. The van der Waals surface area contributed by atoms with Gasteiger partial charge in [0.15, 0.2) is 5.13 Å². The standard InChI is InChI=1S/C18H15FN2OS2/c19-14-6-4-5-13(9-10-14)16-11-24-18(20-16)21-17(22)12-23-15-7-2-1-3-8-15/h1-5,7-11H,6,12H2,(H,20,21,22). The van der Waals surface area contributed by atoms with Gasteiger partial charge in [-0.3, -0.25) is 4.79 Å². The number of aromatic nitrogens is 1. The minimum atomic E-state index is -0.178. The zero-order valence-electron chi connectivity index (χ0n) is 12.7. The van der Waals surface area contributed by atoms with Crippen molar-refractivity contribution in [1.82, 2.24) is 4.98 Å². The second-order valence-corrected chi connectivity index (χ2v) is 6.94. The van der Waals surface area contributed by atoms with E-state index < -0.39 is 0 Å². The third-order valence-electron chi connectivity index (χ3n) is 3.21. The van der Waals surface area contributed by atoms with Crippen molar-refractivity contribution in [3.05, 3.63) is 71.5 Å². The van der Waals surface area contributed by atoms with Crippen molar-refractivity contribution in [1.29, 1.82) is 0 Å². The Morgan fingerprint density at radius 1 is 1.29 bits per heavy atom. The molecule has 0 atom stereocenters. The number of carbonyl (C=O) groups is 1. The van der Waals surface area contributed by atoms with E-state index in [2.05, 4.69) is 10.3 Å². The van der Waals surface area contributed by atoms with Crippen molar-refractivity contribution in [2.75, 3.05) is 11.1 Å². The molecule has 2 aromatic rings. The Morgan fingerprint density at radius 2 is 2.12 bits per heavy atom. The molecule has 3 nitrogen and oxygen atoms in total. The first-order chi connectivity index (χ1) is 11.7. The van der Waals surface area contributed by atoms with Gasteiger partial charge in [-0.05, 0) is 18.2 Å². The Kier molecular flexibility index (Phi) is 5.61. The lowest BCUT2D eigenvalue weighted by molar-refractivity contribution is -0.113.